The zero-order chi connectivity index (χ0) is 20.6. The van der Waals surface area contributed by atoms with Crippen LogP contribution in [0.4, 0.5) is 11.4 Å². The third-order valence-corrected chi connectivity index (χ3v) is 6.09. The number of anilines is 2. The Balaban J connectivity index is 1.90. The normalized spacial score (nSPS) is 11.3. The Labute approximate surface area is 166 Å². The van der Waals surface area contributed by atoms with Crippen molar-refractivity contribution in [1.82, 2.24) is 4.31 Å². The van der Waals surface area contributed by atoms with E-state index in [4.69, 9.17) is 4.74 Å². The van der Waals surface area contributed by atoms with Crippen LogP contribution in [0.1, 0.15) is 19.8 Å². The zero-order valence-electron chi connectivity index (χ0n) is 16.4. The molecule has 0 radical (unpaired) electrons. The largest absolute Gasteiger partial charge is 0.497 e. The van der Waals surface area contributed by atoms with Crippen LogP contribution in [-0.2, 0) is 14.8 Å². The van der Waals surface area contributed by atoms with E-state index in [-0.39, 0.29) is 17.3 Å². The number of sulfonamides is 1. The molecule has 0 bridgehead atoms. The summed E-state index contributed by atoms with van der Waals surface area (Å²) in [6, 6.07) is 13.4. The minimum Gasteiger partial charge on any atom is -0.497 e. The maximum Gasteiger partial charge on any atom is 0.243 e. The van der Waals surface area contributed by atoms with E-state index in [0.717, 1.165) is 12.8 Å². The molecule has 0 saturated heterocycles. The minimum atomic E-state index is -3.49. The topological polar surface area (TPSA) is 87.7 Å². The van der Waals surface area contributed by atoms with Gasteiger partial charge in [0.1, 0.15) is 5.75 Å². The summed E-state index contributed by atoms with van der Waals surface area (Å²) in [6.45, 7) is 2.57. The van der Waals surface area contributed by atoms with Gasteiger partial charge in [0.15, 0.2) is 0 Å². The van der Waals surface area contributed by atoms with Gasteiger partial charge in [-0.15, -0.1) is 0 Å². The lowest BCUT2D eigenvalue weighted by molar-refractivity contribution is -0.114. The molecule has 7 nitrogen and oxygen atoms in total. The van der Waals surface area contributed by atoms with Crippen molar-refractivity contribution in [3.63, 3.8) is 0 Å². The van der Waals surface area contributed by atoms with Crippen molar-refractivity contribution in [2.45, 2.75) is 24.7 Å². The number of benzene rings is 2. The molecule has 28 heavy (non-hydrogen) atoms. The van der Waals surface area contributed by atoms with Crippen molar-refractivity contribution in [1.29, 1.82) is 0 Å². The van der Waals surface area contributed by atoms with Gasteiger partial charge < -0.3 is 15.4 Å². The predicted octanol–water partition coefficient (Wildman–Crippen LogP) is 3.17. The van der Waals surface area contributed by atoms with Gasteiger partial charge in [-0.1, -0.05) is 13.3 Å². The first-order valence-corrected chi connectivity index (χ1v) is 10.5. The van der Waals surface area contributed by atoms with Crippen molar-refractivity contribution >= 4 is 27.3 Å². The first kappa shape index (κ1) is 21.7. The molecule has 0 atom stereocenters. The molecule has 152 valence electrons. The molecule has 0 spiro atoms. The zero-order valence-corrected chi connectivity index (χ0v) is 17.3. The Morgan fingerprint density at radius 3 is 2.21 bits per heavy atom. The third kappa shape index (κ3) is 5.97. The summed E-state index contributed by atoms with van der Waals surface area (Å²) in [5, 5.41) is 5.76. The van der Waals surface area contributed by atoms with E-state index < -0.39 is 10.0 Å². The average Bonchev–Trinajstić information content (AvgIpc) is 2.71. The molecule has 0 unspecified atom stereocenters. The van der Waals surface area contributed by atoms with Gasteiger partial charge in [0, 0.05) is 25.0 Å². The Morgan fingerprint density at radius 1 is 1.04 bits per heavy atom. The second kappa shape index (κ2) is 10.1. The molecule has 0 fully saturated rings. The second-order valence-corrected chi connectivity index (χ2v) is 8.38. The summed E-state index contributed by atoms with van der Waals surface area (Å²) < 4.78 is 31.4. The Bertz CT molecular complexity index is 865. The van der Waals surface area contributed by atoms with Gasteiger partial charge in [-0.3, -0.25) is 4.79 Å². The van der Waals surface area contributed by atoms with Crippen molar-refractivity contribution < 1.29 is 17.9 Å². The highest BCUT2D eigenvalue weighted by Crippen LogP contribution is 2.18. The molecule has 0 aliphatic carbocycles. The quantitative estimate of drug-likeness (QED) is 0.634. The Kier molecular flexibility index (Phi) is 7.83. The first-order valence-electron chi connectivity index (χ1n) is 9.11. The highest BCUT2D eigenvalue weighted by Gasteiger charge is 2.19. The number of hydrogen-bond donors (Lipinski definition) is 2. The van der Waals surface area contributed by atoms with Crippen LogP contribution in [0.2, 0.25) is 0 Å². The third-order valence-electron chi connectivity index (χ3n) is 4.22. The SMILES string of the molecule is CCCCN(C)S(=O)(=O)c1ccc(NCC(=O)Nc2ccc(OC)cc2)cc1. The molecular formula is C20H27N3O4S. The lowest BCUT2D eigenvalue weighted by Gasteiger charge is -2.17. The van der Waals surface area contributed by atoms with Crippen LogP contribution >= 0.6 is 0 Å². The van der Waals surface area contributed by atoms with Gasteiger partial charge in [-0.25, -0.2) is 12.7 Å². The van der Waals surface area contributed by atoms with Crippen molar-refractivity contribution in [3.05, 3.63) is 48.5 Å². The number of amides is 1. The van der Waals surface area contributed by atoms with Crippen LogP contribution in [0.15, 0.2) is 53.4 Å². The summed E-state index contributed by atoms with van der Waals surface area (Å²) in [5.41, 5.74) is 1.34. The number of nitrogens with zero attached hydrogens (tertiary/aromatic N) is 1. The fraction of sp³-hybridized carbons (Fsp3) is 0.350. The number of unbranched alkanes of at least 4 members (excludes halogenated alkanes) is 1. The van der Waals surface area contributed by atoms with E-state index in [1.54, 1.807) is 62.7 Å². The maximum atomic E-state index is 12.5. The molecular weight excluding hydrogens is 378 g/mol. The monoisotopic (exact) mass is 405 g/mol. The summed E-state index contributed by atoms with van der Waals surface area (Å²) in [6.07, 6.45) is 1.75. The number of carbonyl (C=O) groups excluding carboxylic acids is 1. The number of ether oxygens (including phenoxy) is 1. The van der Waals surface area contributed by atoms with Gasteiger partial charge in [0.05, 0.1) is 18.6 Å². The predicted molar refractivity (Wildman–Crippen MR) is 111 cm³/mol. The van der Waals surface area contributed by atoms with E-state index >= 15 is 0 Å². The molecule has 0 saturated carbocycles. The van der Waals surface area contributed by atoms with Crippen LogP contribution in [0.3, 0.4) is 0 Å². The van der Waals surface area contributed by atoms with Crippen LogP contribution in [0.5, 0.6) is 5.75 Å². The fourth-order valence-corrected chi connectivity index (χ4v) is 3.70. The number of nitrogens with one attached hydrogen (secondary N) is 2. The van der Waals surface area contributed by atoms with Crippen LogP contribution < -0.4 is 15.4 Å². The molecule has 2 rings (SSSR count). The molecule has 2 aromatic carbocycles. The first-order chi connectivity index (χ1) is 13.4. The van der Waals surface area contributed by atoms with Gasteiger partial charge in [0.25, 0.3) is 0 Å². The summed E-state index contributed by atoms with van der Waals surface area (Å²) in [4.78, 5) is 12.3. The van der Waals surface area contributed by atoms with E-state index in [1.807, 2.05) is 6.92 Å². The minimum absolute atomic E-state index is 0.0640. The smallest absolute Gasteiger partial charge is 0.243 e. The van der Waals surface area contributed by atoms with Crippen molar-refractivity contribution in [3.8, 4) is 5.75 Å². The second-order valence-electron chi connectivity index (χ2n) is 6.33. The molecule has 1 amide bonds. The standard InChI is InChI=1S/C20H27N3O4S/c1-4-5-14-23(2)28(25,26)19-12-8-16(9-13-19)21-15-20(24)22-17-6-10-18(27-3)11-7-17/h6-13,21H,4-5,14-15H2,1-3H3,(H,22,24). The lowest BCUT2D eigenvalue weighted by atomic mass is 10.3. The van der Waals surface area contributed by atoms with Crippen molar-refractivity contribution in [2.24, 2.45) is 0 Å². The number of methoxy groups -OCH3 is 1. The van der Waals surface area contributed by atoms with Crippen LogP contribution in [0.25, 0.3) is 0 Å². The Hall–Kier alpha value is -2.58. The van der Waals surface area contributed by atoms with Gasteiger partial charge >= 0.3 is 0 Å². The molecule has 2 aromatic rings. The highest BCUT2D eigenvalue weighted by atomic mass is 32.2. The molecule has 0 aliphatic heterocycles. The highest BCUT2D eigenvalue weighted by molar-refractivity contribution is 7.89. The van der Waals surface area contributed by atoms with Gasteiger partial charge in [-0.05, 0) is 55.0 Å². The van der Waals surface area contributed by atoms with E-state index in [1.165, 1.54) is 4.31 Å². The molecule has 0 aliphatic rings. The summed E-state index contributed by atoms with van der Waals surface area (Å²) in [5.74, 6) is 0.507. The van der Waals surface area contributed by atoms with E-state index in [9.17, 15) is 13.2 Å². The molecule has 8 heteroatoms. The molecule has 2 N–H and O–H groups in total. The molecule has 0 aromatic heterocycles. The Morgan fingerprint density at radius 2 is 1.64 bits per heavy atom. The van der Waals surface area contributed by atoms with Crippen molar-refractivity contribution in [2.75, 3.05) is 37.9 Å². The number of hydrogen-bond acceptors (Lipinski definition) is 5. The van der Waals surface area contributed by atoms with Crippen LogP contribution in [-0.4, -0.2) is 45.9 Å². The van der Waals surface area contributed by atoms with E-state index in [0.29, 0.717) is 23.7 Å². The van der Waals surface area contributed by atoms with Gasteiger partial charge in [-0.2, -0.15) is 0 Å². The fourth-order valence-electron chi connectivity index (χ4n) is 2.49. The number of rotatable bonds is 10. The van der Waals surface area contributed by atoms with Crippen LogP contribution in [0, 0.1) is 0 Å². The average molecular weight is 406 g/mol. The summed E-state index contributed by atoms with van der Waals surface area (Å²) in [7, 11) is -0.325. The number of carbonyl (C=O) groups is 1. The van der Waals surface area contributed by atoms with E-state index in [2.05, 4.69) is 10.6 Å². The van der Waals surface area contributed by atoms with Gasteiger partial charge in [0.2, 0.25) is 15.9 Å². The maximum absolute atomic E-state index is 12.5. The summed E-state index contributed by atoms with van der Waals surface area (Å²) >= 11 is 0. The molecule has 0 heterocycles. The lowest BCUT2D eigenvalue weighted by Crippen LogP contribution is -2.27.